The largest absolute Gasteiger partial charge is 0.390 e. The summed E-state index contributed by atoms with van der Waals surface area (Å²) in [6, 6.07) is 2.10. The maximum absolute atomic E-state index is 9.96. The number of aliphatic hydroxyl groups excluding tert-OH is 1. The summed E-state index contributed by atoms with van der Waals surface area (Å²) in [5.74, 6) is 0.773. The highest BCUT2D eigenvalue weighted by Gasteiger charge is 2.43. The number of halogens is 2. The van der Waals surface area contributed by atoms with Gasteiger partial charge in [0.25, 0.3) is 0 Å². The fourth-order valence-corrected chi connectivity index (χ4v) is 5.83. The average molecular weight is 454 g/mol. The number of nitrogens with two attached hydrogens (primary N) is 1. The summed E-state index contributed by atoms with van der Waals surface area (Å²) in [6.07, 6.45) is 7.34. The molecule has 6 nitrogen and oxygen atoms in total. The van der Waals surface area contributed by atoms with E-state index in [-0.39, 0.29) is 17.2 Å². The lowest BCUT2D eigenvalue weighted by Gasteiger charge is -2.42. The monoisotopic (exact) mass is 453 g/mol. The number of aliphatic hydroxyl groups is 1. The second-order valence-electron chi connectivity index (χ2n) is 7.91. The molecule has 29 heavy (non-hydrogen) atoms. The van der Waals surface area contributed by atoms with Gasteiger partial charge in [-0.05, 0) is 44.1 Å². The van der Waals surface area contributed by atoms with Crippen LogP contribution in [0.2, 0.25) is 10.2 Å². The quantitative estimate of drug-likeness (QED) is 0.669. The van der Waals surface area contributed by atoms with Crippen molar-refractivity contribution in [2.24, 2.45) is 11.1 Å². The number of anilines is 1. The average Bonchev–Trinajstić information content (AvgIpc) is 3.07. The molecule has 9 heteroatoms. The maximum atomic E-state index is 9.96. The zero-order chi connectivity index (χ0) is 20.6. The van der Waals surface area contributed by atoms with Gasteiger partial charge in [0.05, 0.1) is 17.3 Å². The van der Waals surface area contributed by atoms with Crippen molar-refractivity contribution < 1.29 is 5.11 Å². The van der Waals surface area contributed by atoms with E-state index in [0.29, 0.717) is 21.8 Å². The van der Waals surface area contributed by atoms with Crippen LogP contribution in [0.3, 0.4) is 0 Å². The van der Waals surface area contributed by atoms with Crippen LogP contribution in [0, 0.1) is 12.3 Å². The Morgan fingerprint density at radius 2 is 2.03 bits per heavy atom. The number of hydrogen-bond acceptors (Lipinski definition) is 7. The Morgan fingerprint density at radius 1 is 1.28 bits per heavy atom. The Labute approximate surface area is 185 Å². The topological polar surface area (TPSA) is 88.2 Å². The van der Waals surface area contributed by atoms with Gasteiger partial charge in [-0.2, -0.15) is 0 Å². The van der Waals surface area contributed by atoms with Gasteiger partial charge >= 0.3 is 0 Å². The van der Waals surface area contributed by atoms with Crippen molar-refractivity contribution >= 4 is 40.8 Å². The van der Waals surface area contributed by atoms with Crippen molar-refractivity contribution in [3.05, 3.63) is 33.8 Å². The normalized spacial score (nSPS) is 21.1. The molecule has 1 saturated heterocycles. The number of pyridine rings is 1. The highest BCUT2D eigenvalue weighted by Crippen LogP contribution is 2.46. The van der Waals surface area contributed by atoms with E-state index in [0.717, 1.165) is 48.8 Å². The smallest absolute Gasteiger partial charge is 0.153 e. The Balaban J connectivity index is 1.56. The second-order valence-corrected chi connectivity index (χ2v) is 9.67. The van der Waals surface area contributed by atoms with Crippen LogP contribution >= 0.6 is 35.0 Å². The van der Waals surface area contributed by atoms with Crippen molar-refractivity contribution in [3.8, 4) is 0 Å². The molecule has 1 saturated carbocycles. The molecule has 0 radical (unpaired) electrons. The minimum absolute atomic E-state index is 0.165. The summed E-state index contributed by atoms with van der Waals surface area (Å²) in [6.45, 7) is 3.55. The predicted molar refractivity (Wildman–Crippen MR) is 117 cm³/mol. The SMILES string of the molecule is Cc1nc(N2CCC3(CCC[C@H]3N)CC2)c(CO)nc1Sc1ccnc(Cl)c1Cl. The fourth-order valence-electron chi connectivity index (χ4n) is 4.52. The molecule has 4 rings (SSSR count). The van der Waals surface area contributed by atoms with Crippen LogP contribution in [-0.2, 0) is 6.61 Å². The molecule has 2 fully saturated rings. The lowest BCUT2D eigenvalue weighted by molar-refractivity contribution is 0.196. The number of piperidine rings is 1. The van der Waals surface area contributed by atoms with Crippen molar-refractivity contribution in [1.29, 1.82) is 0 Å². The van der Waals surface area contributed by atoms with Crippen LogP contribution in [0.4, 0.5) is 5.82 Å². The standard InChI is InChI=1S/C20H25Cl2N5OS/c1-12-19(29-14-4-8-24-17(22)16(14)21)26-13(11-28)18(25-12)27-9-6-20(7-10-27)5-2-3-15(20)23/h4,8,15,28H,2-3,5-7,9-11,23H2,1H3/t15-/m1/s1. The Hall–Kier alpha value is -1.12. The van der Waals surface area contributed by atoms with Crippen LogP contribution in [0.5, 0.6) is 0 Å². The van der Waals surface area contributed by atoms with Gasteiger partial charge in [0.15, 0.2) is 5.82 Å². The van der Waals surface area contributed by atoms with E-state index in [1.54, 1.807) is 12.3 Å². The molecule has 1 atom stereocenters. The third-order valence-corrected chi connectivity index (χ3v) is 8.30. The van der Waals surface area contributed by atoms with Crippen LogP contribution in [0.15, 0.2) is 22.2 Å². The lowest BCUT2D eigenvalue weighted by Crippen LogP contribution is -2.47. The van der Waals surface area contributed by atoms with Crippen molar-refractivity contribution in [2.75, 3.05) is 18.0 Å². The minimum Gasteiger partial charge on any atom is -0.390 e. The molecule has 2 aliphatic rings. The zero-order valence-electron chi connectivity index (χ0n) is 16.4. The zero-order valence-corrected chi connectivity index (χ0v) is 18.7. The molecule has 3 N–H and O–H groups in total. The molecule has 2 aromatic rings. The van der Waals surface area contributed by atoms with Gasteiger partial charge in [0, 0.05) is 30.2 Å². The highest BCUT2D eigenvalue weighted by molar-refractivity contribution is 7.99. The summed E-state index contributed by atoms with van der Waals surface area (Å²) in [5.41, 5.74) is 8.07. The summed E-state index contributed by atoms with van der Waals surface area (Å²) in [7, 11) is 0. The van der Waals surface area contributed by atoms with E-state index < -0.39 is 0 Å². The Kier molecular flexibility index (Phi) is 6.23. The molecule has 0 unspecified atom stereocenters. The summed E-state index contributed by atoms with van der Waals surface area (Å²) < 4.78 is 0. The van der Waals surface area contributed by atoms with Crippen molar-refractivity contribution in [1.82, 2.24) is 15.0 Å². The third kappa shape index (κ3) is 4.08. The van der Waals surface area contributed by atoms with Crippen molar-refractivity contribution in [3.63, 3.8) is 0 Å². The first-order valence-electron chi connectivity index (χ1n) is 9.90. The molecule has 1 spiro atoms. The second kappa shape index (κ2) is 8.55. The van der Waals surface area contributed by atoms with Crippen molar-refractivity contribution in [2.45, 2.75) is 61.6 Å². The molecular formula is C20H25Cl2N5OS. The lowest BCUT2D eigenvalue weighted by atomic mass is 9.74. The highest BCUT2D eigenvalue weighted by atomic mass is 35.5. The summed E-state index contributed by atoms with van der Waals surface area (Å²) in [5, 5.41) is 11.3. The van der Waals surface area contributed by atoms with Gasteiger partial charge in [-0.1, -0.05) is 41.4 Å². The molecule has 0 aromatic carbocycles. The van der Waals surface area contributed by atoms with Gasteiger partial charge in [0.2, 0.25) is 0 Å². The number of rotatable bonds is 4. The molecular weight excluding hydrogens is 429 g/mol. The van der Waals surface area contributed by atoms with Gasteiger partial charge in [0.1, 0.15) is 15.9 Å². The van der Waals surface area contributed by atoms with Gasteiger partial charge in [-0.25, -0.2) is 15.0 Å². The third-order valence-electron chi connectivity index (χ3n) is 6.28. The number of hydrogen-bond donors (Lipinski definition) is 2. The van der Waals surface area contributed by atoms with E-state index in [1.165, 1.54) is 24.6 Å². The maximum Gasteiger partial charge on any atom is 0.153 e. The van der Waals surface area contributed by atoms with E-state index in [4.69, 9.17) is 38.9 Å². The summed E-state index contributed by atoms with van der Waals surface area (Å²) in [4.78, 5) is 16.5. The van der Waals surface area contributed by atoms with Crippen LogP contribution in [0.25, 0.3) is 0 Å². The van der Waals surface area contributed by atoms with E-state index in [1.807, 2.05) is 6.92 Å². The van der Waals surface area contributed by atoms with Gasteiger partial charge < -0.3 is 15.7 Å². The fraction of sp³-hybridized carbons (Fsp3) is 0.550. The molecule has 0 amide bonds. The Bertz CT molecular complexity index is 905. The first-order chi connectivity index (χ1) is 13.9. The molecule has 2 aromatic heterocycles. The van der Waals surface area contributed by atoms with Gasteiger partial charge in [-0.15, -0.1) is 0 Å². The molecule has 1 aliphatic carbocycles. The van der Waals surface area contributed by atoms with Crippen LogP contribution in [0.1, 0.15) is 43.5 Å². The minimum atomic E-state index is -0.165. The molecule has 0 bridgehead atoms. The number of aryl methyl sites for hydroxylation is 1. The van der Waals surface area contributed by atoms with E-state index >= 15 is 0 Å². The Morgan fingerprint density at radius 3 is 2.69 bits per heavy atom. The van der Waals surface area contributed by atoms with Crippen LogP contribution < -0.4 is 10.6 Å². The molecule has 156 valence electrons. The molecule has 3 heterocycles. The van der Waals surface area contributed by atoms with Gasteiger partial charge in [-0.3, -0.25) is 0 Å². The molecule has 1 aliphatic heterocycles. The van der Waals surface area contributed by atoms with E-state index in [2.05, 4.69) is 9.88 Å². The van der Waals surface area contributed by atoms with Crippen LogP contribution in [-0.4, -0.2) is 39.2 Å². The number of aromatic nitrogens is 3. The van der Waals surface area contributed by atoms with E-state index in [9.17, 15) is 5.11 Å². The first kappa shape index (κ1) is 21.1. The number of nitrogens with zero attached hydrogens (tertiary/aromatic N) is 4. The summed E-state index contributed by atoms with van der Waals surface area (Å²) >= 11 is 13.7. The first-order valence-corrected chi connectivity index (χ1v) is 11.5. The predicted octanol–water partition coefficient (Wildman–Crippen LogP) is 4.23.